The third-order valence-electron chi connectivity index (χ3n) is 2.40. The molecule has 0 aromatic heterocycles. The van der Waals surface area contributed by atoms with Crippen molar-refractivity contribution in [3.63, 3.8) is 0 Å². The summed E-state index contributed by atoms with van der Waals surface area (Å²) in [6.45, 7) is 5.33. The van der Waals surface area contributed by atoms with Crippen LogP contribution in [-0.4, -0.2) is 23.4 Å². The maximum atomic E-state index is 7.32. The monoisotopic (exact) mass is 155 g/mol. The fraction of sp³-hybridized carbons (Fsp3) is 0.875. The first-order valence-electron chi connectivity index (χ1n) is 4.25. The standard InChI is InChI=1S/C8H17N3/c1-3-7-4-6(2)5-11(7)8(9)10/h6-7H,3-5H2,1-2H3,(H3,9,10). The molecule has 0 aliphatic carbocycles. The molecular formula is C8H17N3. The molecule has 1 aliphatic rings. The first-order chi connectivity index (χ1) is 5.15. The Labute approximate surface area is 68.1 Å². The Balaban J connectivity index is 2.57. The Morgan fingerprint density at radius 3 is 2.73 bits per heavy atom. The van der Waals surface area contributed by atoms with Crippen LogP contribution in [-0.2, 0) is 0 Å². The third-order valence-corrected chi connectivity index (χ3v) is 2.40. The molecule has 0 spiro atoms. The molecule has 0 bridgehead atoms. The average Bonchev–Trinajstić information content (AvgIpc) is 2.30. The average molecular weight is 155 g/mol. The lowest BCUT2D eigenvalue weighted by Gasteiger charge is -2.23. The summed E-state index contributed by atoms with van der Waals surface area (Å²) in [7, 11) is 0. The molecule has 2 unspecified atom stereocenters. The van der Waals surface area contributed by atoms with Crippen molar-refractivity contribution in [1.29, 1.82) is 5.41 Å². The highest BCUT2D eigenvalue weighted by molar-refractivity contribution is 5.75. The summed E-state index contributed by atoms with van der Waals surface area (Å²) in [5.41, 5.74) is 5.44. The quantitative estimate of drug-likeness (QED) is 0.438. The van der Waals surface area contributed by atoms with Crippen LogP contribution in [0.3, 0.4) is 0 Å². The Hall–Kier alpha value is -0.730. The van der Waals surface area contributed by atoms with Gasteiger partial charge in [0.25, 0.3) is 0 Å². The maximum absolute atomic E-state index is 7.32. The molecule has 3 N–H and O–H groups in total. The number of hydrogen-bond acceptors (Lipinski definition) is 1. The SMILES string of the molecule is CCC1CC(C)CN1C(=N)N. The van der Waals surface area contributed by atoms with E-state index in [9.17, 15) is 0 Å². The van der Waals surface area contributed by atoms with Gasteiger partial charge in [0.2, 0.25) is 0 Å². The molecule has 1 heterocycles. The Morgan fingerprint density at radius 1 is 1.73 bits per heavy atom. The topological polar surface area (TPSA) is 53.1 Å². The minimum atomic E-state index is 0.237. The van der Waals surface area contributed by atoms with Gasteiger partial charge >= 0.3 is 0 Å². The van der Waals surface area contributed by atoms with Crippen LogP contribution in [0.5, 0.6) is 0 Å². The predicted octanol–water partition coefficient (Wildman–Crippen LogP) is 1.00. The normalized spacial score (nSPS) is 30.9. The molecule has 0 aromatic rings. The van der Waals surface area contributed by atoms with E-state index in [1.807, 2.05) is 4.90 Å². The number of guanidine groups is 1. The number of likely N-dealkylation sites (tertiary alicyclic amines) is 1. The third kappa shape index (κ3) is 1.64. The van der Waals surface area contributed by atoms with Crippen molar-refractivity contribution in [1.82, 2.24) is 4.90 Å². The van der Waals surface area contributed by atoms with Gasteiger partial charge in [0, 0.05) is 12.6 Å². The molecule has 64 valence electrons. The molecule has 0 amide bonds. The number of nitrogens with zero attached hydrogens (tertiary/aromatic N) is 1. The van der Waals surface area contributed by atoms with Gasteiger partial charge in [-0.15, -0.1) is 0 Å². The first kappa shape index (κ1) is 8.37. The van der Waals surface area contributed by atoms with E-state index in [4.69, 9.17) is 11.1 Å². The van der Waals surface area contributed by atoms with E-state index in [0.29, 0.717) is 12.0 Å². The summed E-state index contributed by atoms with van der Waals surface area (Å²) in [5.74, 6) is 0.935. The molecule has 1 rings (SSSR count). The smallest absolute Gasteiger partial charge is 0.188 e. The van der Waals surface area contributed by atoms with Crippen LogP contribution in [0.1, 0.15) is 26.7 Å². The van der Waals surface area contributed by atoms with E-state index >= 15 is 0 Å². The Morgan fingerprint density at radius 2 is 2.36 bits per heavy atom. The number of hydrogen-bond donors (Lipinski definition) is 2. The molecular weight excluding hydrogens is 138 g/mol. The second-order valence-electron chi connectivity index (χ2n) is 3.44. The van der Waals surface area contributed by atoms with Gasteiger partial charge in [-0.1, -0.05) is 13.8 Å². The number of nitrogens with two attached hydrogens (primary N) is 1. The van der Waals surface area contributed by atoms with E-state index in [0.717, 1.165) is 13.0 Å². The summed E-state index contributed by atoms with van der Waals surface area (Å²) in [6.07, 6.45) is 2.29. The van der Waals surface area contributed by atoms with E-state index in [1.165, 1.54) is 6.42 Å². The second kappa shape index (κ2) is 3.11. The van der Waals surface area contributed by atoms with Crippen LogP contribution in [0, 0.1) is 11.3 Å². The van der Waals surface area contributed by atoms with Crippen molar-refractivity contribution < 1.29 is 0 Å². The van der Waals surface area contributed by atoms with Crippen molar-refractivity contribution in [3.05, 3.63) is 0 Å². The van der Waals surface area contributed by atoms with E-state index in [-0.39, 0.29) is 5.96 Å². The van der Waals surface area contributed by atoms with Gasteiger partial charge < -0.3 is 10.6 Å². The largest absolute Gasteiger partial charge is 0.370 e. The molecule has 0 aromatic carbocycles. The van der Waals surface area contributed by atoms with Crippen molar-refractivity contribution in [3.8, 4) is 0 Å². The van der Waals surface area contributed by atoms with Crippen molar-refractivity contribution in [2.45, 2.75) is 32.7 Å². The van der Waals surface area contributed by atoms with Crippen LogP contribution in [0.25, 0.3) is 0 Å². The molecule has 2 atom stereocenters. The molecule has 3 nitrogen and oxygen atoms in total. The summed E-state index contributed by atoms with van der Waals surface area (Å²) in [4.78, 5) is 2.00. The fourth-order valence-corrected chi connectivity index (χ4v) is 1.83. The zero-order valence-electron chi connectivity index (χ0n) is 7.30. The van der Waals surface area contributed by atoms with Gasteiger partial charge in [0.05, 0.1) is 0 Å². The molecule has 0 saturated carbocycles. The molecule has 11 heavy (non-hydrogen) atoms. The lowest BCUT2D eigenvalue weighted by atomic mass is 10.1. The number of nitrogens with one attached hydrogen (secondary N) is 1. The van der Waals surface area contributed by atoms with Crippen LogP contribution < -0.4 is 5.73 Å². The predicted molar refractivity (Wildman–Crippen MR) is 46.5 cm³/mol. The summed E-state index contributed by atoms with van der Waals surface area (Å²) in [5, 5.41) is 7.32. The van der Waals surface area contributed by atoms with Crippen LogP contribution in [0.2, 0.25) is 0 Å². The summed E-state index contributed by atoms with van der Waals surface area (Å²) >= 11 is 0. The first-order valence-corrected chi connectivity index (χ1v) is 4.25. The maximum Gasteiger partial charge on any atom is 0.188 e. The van der Waals surface area contributed by atoms with Crippen molar-refractivity contribution in [2.75, 3.05) is 6.54 Å². The van der Waals surface area contributed by atoms with Gasteiger partial charge in [-0.2, -0.15) is 0 Å². The lowest BCUT2D eigenvalue weighted by Crippen LogP contribution is -2.39. The molecule has 3 heteroatoms. The van der Waals surface area contributed by atoms with E-state index in [2.05, 4.69) is 13.8 Å². The van der Waals surface area contributed by atoms with E-state index in [1.54, 1.807) is 0 Å². The van der Waals surface area contributed by atoms with Crippen LogP contribution in [0.4, 0.5) is 0 Å². The van der Waals surface area contributed by atoms with E-state index < -0.39 is 0 Å². The minimum Gasteiger partial charge on any atom is -0.370 e. The zero-order chi connectivity index (χ0) is 8.43. The Kier molecular flexibility index (Phi) is 2.37. The van der Waals surface area contributed by atoms with Crippen molar-refractivity contribution >= 4 is 5.96 Å². The Bertz CT molecular complexity index is 155. The van der Waals surface area contributed by atoms with Crippen LogP contribution >= 0.6 is 0 Å². The highest BCUT2D eigenvalue weighted by Crippen LogP contribution is 2.23. The van der Waals surface area contributed by atoms with Crippen LogP contribution in [0.15, 0.2) is 0 Å². The van der Waals surface area contributed by atoms with Gasteiger partial charge in [-0.05, 0) is 18.8 Å². The van der Waals surface area contributed by atoms with Gasteiger partial charge in [-0.3, -0.25) is 5.41 Å². The molecule has 1 fully saturated rings. The lowest BCUT2D eigenvalue weighted by molar-refractivity contribution is 0.372. The highest BCUT2D eigenvalue weighted by Gasteiger charge is 2.28. The molecule has 0 radical (unpaired) electrons. The van der Waals surface area contributed by atoms with Gasteiger partial charge in [0.15, 0.2) is 5.96 Å². The zero-order valence-corrected chi connectivity index (χ0v) is 7.30. The fourth-order valence-electron chi connectivity index (χ4n) is 1.83. The summed E-state index contributed by atoms with van der Waals surface area (Å²) in [6, 6.07) is 0.516. The van der Waals surface area contributed by atoms with Gasteiger partial charge in [0.1, 0.15) is 0 Å². The molecule has 1 aliphatic heterocycles. The molecule has 1 saturated heterocycles. The summed E-state index contributed by atoms with van der Waals surface area (Å²) < 4.78 is 0. The van der Waals surface area contributed by atoms with Gasteiger partial charge in [-0.25, -0.2) is 0 Å². The van der Waals surface area contributed by atoms with Crippen molar-refractivity contribution in [2.24, 2.45) is 11.7 Å². The number of rotatable bonds is 1. The highest BCUT2D eigenvalue weighted by atomic mass is 15.3. The second-order valence-corrected chi connectivity index (χ2v) is 3.44. The minimum absolute atomic E-state index is 0.237.